The summed E-state index contributed by atoms with van der Waals surface area (Å²) >= 11 is 0. The van der Waals surface area contributed by atoms with Gasteiger partial charge >= 0.3 is 0 Å². The first-order chi connectivity index (χ1) is 14.2. The molecule has 1 atom stereocenters. The van der Waals surface area contributed by atoms with Crippen molar-refractivity contribution in [3.63, 3.8) is 0 Å². The highest BCUT2D eigenvalue weighted by Crippen LogP contribution is 2.14. The van der Waals surface area contributed by atoms with E-state index in [0.717, 1.165) is 95.8 Å². The molecule has 0 amide bonds. The zero-order valence-electron chi connectivity index (χ0n) is 17.9. The topological polar surface area (TPSA) is 94.8 Å². The number of aryl methyl sites for hydroxylation is 1. The Balaban J connectivity index is 1.39. The molecule has 9 nitrogen and oxygen atoms in total. The maximum Gasteiger partial charge on any atom is 0.191 e. The molecular formula is C20H36N6O3. The van der Waals surface area contributed by atoms with E-state index in [0.29, 0.717) is 12.5 Å². The van der Waals surface area contributed by atoms with Crippen LogP contribution >= 0.6 is 0 Å². The van der Waals surface area contributed by atoms with Gasteiger partial charge in [0.15, 0.2) is 11.8 Å². The molecule has 0 aliphatic carbocycles. The van der Waals surface area contributed by atoms with Crippen molar-refractivity contribution in [2.24, 2.45) is 18.0 Å². The van der Waals surface area contributed by atoms with E-state index in [2.05, 4.69) is 25.8 Å². The van der Waals surface area contributed by atoms with Crippen LogP contribution in [-0.4, -0.2) is 73.0 Å². The number of aromatic nitrogens is 3. The fourth-order valence-electron chi connectivity index (χ4n) is 3.47. The van der Waals surface area contributed by atoms with E-state index in [1.807, 2.05) is 18.5 Å². The third kappa shape index (κ3) is 7.56. The Kier molecular flexibility index (Phi) is 9.17. The summed E-state index contributed by atoms with van der Waals surface area (Å²) in [6.45, 7) is 8.20. The molecule has 1 aromatic rings. The van der Waals surface area contributed by atoms with E-state index in [1.165, 1.54) is 0 Å². The summed E-state index contributed by atoms with van der Waals surface area (Å²) in [5, 5.41) is 15.1. The van der Waals surface area contributed by atoms with Crippen molar-refractivity contribution in [2.45, 2.75) is 51.7 Å². The van der Waals surface area contributed by atoms with Gasteiger partial charge < -0.3 is 29.4 Å². The summed E-state index contributed by atoms with van der Waals surface area (Å²) in [6.07, 6.45) is 5.67. The predicted molar refractivity (Wildman–Crippen MR) is 111 cm³/mol. The normalized spacial score (nSPS) is 20.9. The van der Waals surface area contributed by atoms with Gasteiger partial charge in [-0.2, -0.15) is 0 Å². The SMILES string of the molecule is Cc1nnc(CN=C(NCCCOCC2CCOCC2)NCC2CCCO2)n1C. The molecule has 0 bridgehead atoms. The van der Waals surface area contributed by atoms with Crippen LogP contribution < -0.4 is 10.6 Å². The number of rotatable bonds is 10. The van der Waals surface area contributed by atoms with Gasteiger partial charge in [-0.05, 0) is 44.9 Å². The molecule has 0 saturated carbocycles. The third-order valence-electron chi connectivity index (χ3n) is 5.53. The lowest BCUT2D eigenvalue weighted by atomic mass is 10.0. The lowest BCUT2D eigenvalue weighted by Crippen LogP contribution is -2.41. The lowest BCUT2D eigenvalue weighted by molar-refractivity contribution is 0.0203. The van der Waals surface area contributed by atoms with Gasteiger partial charge in [0.1, 0.15) is 12.4 Å². The molecule has 9 heteroatoms. The molecule has 164 valence electrons. The van der Waals surface area contributed by atoms with Crippen molar-refractivity contribution in [1.82, 2.24) is 25.4 Å². The summed E-state index contributed by atoms with van der Waals surface area (Å²) in [5.41, 5.74) is 0. The molecule has 2 N–H and O–H groups in total. The van der Waals surface area contributed by atoms with Crippen LogP contribution in [0.1, 0.15) is 43.8 Å². The molecule has 3 heterocycles. The van der Waals surface area contributed by atoms with E-state index in [-0.39, 0.29) is 6.10 Å². The molecule has 29 heavy (non-hydrogen) atoms. The Hall–Kier alpha value is -1.71. The number of nitrogens with zero attached hydrogens (tertiary/aromatic N) is 4. The maximum absolute atomic E-state index is 5.85. The van der Waals surface area contributed by atoms with Crippen LogP contribution in [0, 0.1) is 12.8 Å². The van der Waals surface area contributed by atoms with Crippen molar-refractivity contribution in [3.05, 3.63) is 11.6 Å². The van der Waals surface area contributed by atoms with Crippen LogP contribution in [0.15, 0.2) is 4.99 Å². The third-order valence-corrected chi connectivity index (χ3v) is 5.53. The highest BCUT2D eigenvalue weighted by atomic mass is 16.5. The van der Waals surface area contributed by atoms with Gasteiger partial charge in [-0.25, -0.2) is 4.99 Å². The number of nitrogens with one attached hydrogen (secondary N) is 2. The second-order valence-electron chi connectivity index (χ2n) is 7.81. The van der Waals surface area contributed by atoms with Crippen molar-refractivity contribution >= 4 is 5.96 Å². The minimum Gasteiger partial charge on any atom is -0.381 e. The second kappa shape index (κ2) is 12.1. The van der Waals surface area contributed by atoms with Crippen molar-refractivity contribution in [1.29, 1.82) is 0 Å². The number of hydrogen-bond acceptors (Lipinski definition) is 6. The summed E-state index contributed by atoms with van der Waals surface area (Å²) in [5.74, 6) is 3.17. The van der Waals surface area contributed by atoms with Gasteiger partial charge in [-0.1, -0.05) is 0 Å². The monoisotopic (exact) mass is 408 g/mol. The number of guanidine groups is 1. The standard InChI is InChI=1S/C20H36N6O3/c1-16-24-25-19(26(16)2)14-23-20(22-13-18-5-3-10-29-18)21-8-4-9-28-15-17-6-11-27-12-7-17/h17-18H,3-15H2,1-2H3,(H2,21,22,23). The van der Waals surface area contributed by atoms with Crippen molar-refractivity contribution in [3.8, 4) is 0 Å². The van der Waals surface area contributed by atoms with Gasteiger partial charge in [0, 0.05) is 53.2 Å². The van der Waals surface area contributed by atoms with Crippen molar-refractivity contribution in [2.75, 3.05) is 46.1 Å². The number of hydrogen-bond donors (Lipinski definition) is 2. The van der Waals surface area contributed by atoms with Crippen LogP contribution in [-0.2, 0) is 27.8 Å². The van der Waals surface area contributed by atoms with Crippen LogP contribution in [0.2, 0.25) is 0 Å². The second-order valence-corrected chi connectivity index (χ2v) is 7.81. The highest BCUT2D eigenvalue weighted by molar-refractivity contribution is 5.79. The molecule has 0 aromatic carbocycles. The van der Waals surface area contributed by atoms with Gasteiger partial charge in [-0.15, -0.1) is 10.2 Å². The van der Waals surface area contributed by atoms with Crippen LogP contribution in [0.5, 0.6) is 0 Å². The Labute approximate surface area is 173 Å². The maximum atomic E-state index is 5.85. The van der Waals surface area contributed by atoms with E-state index in [1.54, 1.807) is 0 Å². The highest BCUT2D eigenvalue weighted by Gasteiger charge is 2.16. The summed E-state index contributed by atoms with van der Waals surface area (Å²) in [4.78, 5) is 4.68. The first-order valence-electron chi connectivity index (χ1n) is 10.9. The van der Waals surface area contributed by atoms with Gasteiger partial charge in [0.05, 0.1) is 6.10 Å². The van der Waals surface area contributed by atoms with Crippen LogP contribution in [0.25, 0.3) is 0 Å². The molecule has 2 fully saturated rings. The molecule has 3 rings (SSSR count). The lowest BCUT2D eigenvalue weighted by Gasteiger charge is -2.21. The molecule has 0 radical (unpaired) electrons. The number of aliphatic imine (C=N–C) groups is 1. The quantitative estimate of drug-likeness (QED) is 0.341. The first-order valence-corrected chi connectivity index (χ1v) is 10.9. The zero-order valence-corrected chi connectivity index (χ0v) is 17.9. The van der Waals surface area contributed by atoms with Crippen molar-refractivity contribution < 1.29 is 14.2 Å². The molecule has 0 spiro atoms. The molecule has 1 aromatic heterocycles. The van der Waals surface area contributed by atoms with Gasteiger partial charge in [-0.3, -0.25) is 0 Å². The van der Waals surface area contributed by atoms with E-state index < -0.39 is 0 Å². The van der Waals surface area contributed by atoms with E-state index in [9.17, 15) is 0 Å². The molecule has 2 saturated heterocycles. The predicted octanol–water partition coefficient (Wildman–Crippen LogP) is 1.17. The van der Waals surface area contributed by atoms with Gasteiger partial charge in [0.2, 0.25) is 0 Å². The Bertz CT molecular complexity index is 624. The smallest absolute Gasteiger partial charge is 0.191 e. The van der Waals surface area contributed by atoms with Crippen LogP contribution in [0.4, 0.5) is 0 Å². The summed E-state index contributed by atoms with van der Waals surface area (Å²) < 4.78 is 18.9. The Morgan fingerprint density at radius 3 is 2.79 bits per heavy atom. The molecular weight excluding hydrogens is 372 g/mol. The molecule has 2 aliphatic heterocycles. The summed E-state index contributed by atoms with van der Waals surface area (Å²) in [7, 11) is 1.96. The molecule has 2 aliphatic rings. The van der Waals surface area contributed by atoms with E-state index >= 15 is 0 Å². The largest absolute Gasteiger partial charge is 0.381 e. The fraction of sp³-hybridized carbons (Fsp3) is 0.850. The van der Waals surface area contributed by atoms with Crippen LogP contribution in [0.3, 0.4) is 0 Å². The average molecular weight is 409 g/mol. The minimum absolute atomic E-state index is 0.266. The average Bonchev–Trinajstić information content (AvgIpc) is 3.37. The zero-order chi connectivity index (χ0) is 20.3. The minimum atomic E-state index is 0.266. The number of ether oxygens (including phenoxy) is 3. The Morgan fingerprint density at radius 1 is 1.21 bits per heavy atom. The molecule has 1 unspecified atom stereocenters. The Morgan fingerprint density at radius 2 is 2.07 bits per heavy atom. The summed E-state index contributed by atoms with van der Waals surface area (Å²) in [6, 6.07) is 0. The van der Waals surface area contributed by atoms with Gasteiger partial charge in [0.25, 0.3) is 0 Å². The fourth-order valence-corrected chi connectivity index (χ4v) is 3.47. The van der Waals surface area contributed by atoms with E-state index in [4.69, 9.17) is 14.2 Å². The first kappa shape index (κ1) is 22.0.